The number of rotatable bonds is 9. The lowest BCUT2D eigenvalue weighted by atomic mass is 10.3. The van der Waals surface area contributed by atoms with Crippen LogP contribution in [0.5, 0.6) is 5.75 Å². The van der Waals surface area contributed by atoms with E-state index in [4.69, 9.17) is 4.74 Å². The molecule has 6 heteroatoms. The predicted molar refractivity (Wildman–Crippen MR) is 86.2 cm³/mol. The van der Waals surface area contributed by atoms with Gasteiger partial charge in [0.15, 0.2) is 13.1 Å². The van der Waals surface area contributed by atoms with E-state index >= 15 is 0 Å². The van der Waals surface area contributed by atoms with Crippen LogP contribution in [0, 0.1) is 0 Å². The molecule has 2 amide bonds. The van der Waals surface area contributed by atoms with Crippen LogP contribution in [0.25, 0.3) is 0 Å². The summed E-state index contributed by atoms with van der Waals surface area (Å²) in [7, 11) is 3.42. The van der Waals surface area contributed by atoms with Crippen molar-refractivity contribution in [3.8, 4) is 5.75 Å². The van der Waals surface area contributed by atoms with Crippen LogP contribution in [0.4, 0.5) is 5.69 Å². The highest BCUT2D eigenvalue weighted by Gasteiger charge is 2.13. The lowest BCUT2D eigenvalue weighted by molar-refractivity contribution is -0.862. The fourth-order valence-corrected chi connectivity index (χ4v) is 1.96. The molecule has 6 nitrogen and oxygen atoms in total. The minimum absolute atomic E-state index is 0.0248. The first-order valence-electron chi connectivity index (χ1n) is 7.57. The Morgan fingerprint density at radius 2 is 1.77 bits per heavy atom. The lowest BCUT2D eigenvalue weighted by Gasteiger charge is -2.13. The maximum absolute atomic E-state index is 11.9. The van der Waals surface area contributed by atoms with Crippen molar-refractivity contribution in [2.24, 2.45) is 0 Å². The van der Waals surface area contributed by atoms with Gasteiger partial charge in [-0.1, -0.05) is 13.3 Å². The van der Waals surface area contributed by atoms with Gasteiger partial charge in [-0.15, -0.1) is 0 Å². The van der Waals surface area contributed by atoms with Gasteiger partial charge < -0.3 is 20.3 Å². The second kappa shape index (κ2) is 9.78. The van der Waals surface area contributed by atoms with Crippen molar-refractivity contribution in [2.45, 2.75) is 19.8 Å². The Labute approximate surface area is 131 Å². The van der Waals surface area contributed by atoms with Crippen molar-refractivity contribution in [1.82, 2.24) is 5.32 Å². The predicted octanol–water partition coefficient (Wildman–Crippen LogP) is 0.0647. The number of hydrogen-bond acceptors (Lipinski definition) is 3. The Kier molecular flexibility index (Phi) is 7.99. The third kappa shape index (κ3) is 7.08. The van der Waals surface area contributed by atoms with E-state index in [0.29, 0.717) is 18.8 Å². The van der Waals surface area contributed by atoms with Crippen LogP contribution < -0.4 is 20.3 Å². The summed E-state index contributed by atoms with van der Waals surface area (Å²) < 4.78 is 5.06. The SMILES string of the molecule is CCCCNC(=O)C[NH+](C)CC(=O)Nc1ccc(OC)cc1. The summed E-state index contributed by atoms with van der Waals surface area (Å²) in [4.78, 5) is 24.4. The van der Waals surface area contributed by atoms with Crippen molar-refractivity contribution in [3.05, 3.63) is 24.3 Å². The van der Waals surface area contributed by atoms with Crippen LogP contribution in [0.2, 0.25) is 0 Å². The minimum atomic E-state index is -0.121. The zero-order valence-electron chi connectivity index (χ0n) is 13.6. The second-order valence-electron chi connectivity index (χ2n) is 5.29. The molecule has 1 rings (SSSR count). The molecular weight excluding hydrogens is 282 g/mol. The lowest BCUT2D eigenvalue weighted by Crippen LogP contribution is -3.11. The van der Waals surface area contributed by atoms with Crippen molar-refractivity contribution >= 4 is 17.5 Å². The standard InChI is InChI=1S/C16H25N3O3/c1-4-5-10-17-15(20)11-19(2)12-16(21)18-13-6-8-14(22-3)9-7-13/h6-9H,4-5,10-12H2,1-3H3,(H,17,20)(H,18,21)/p+1. The first-order chi connectivity index (χ1) is 10.5. The molecular formula is C16H26N3O3+. The Balaban J connectivity index is 2.32. The van der Waals surface area contributed by atoms with Gasteiger partial charge in [0.1, 0.15) is 5.75 Å². The number of benzene rings is 1. The molecule has 0 fully saturated rings. The highest BCUT2D eigenvalue weighted by Crippen LogP contribution is 2.14. The Morgan fingerprint density at radius 1 is 1.14 bits per heavy atom. The third-order valence-corrected chi connectivity index (χ3v) is 3.15. The largest absolute Gasteiger partial charge is 0.497 e. The molecule has 1 aromatic rings. The minimum Gasteiger partial charge on any atom is -0.497 e. The van der Waals surface area contributed by atoms with E-state index in [0.717, 1.165) is 23.5 Å². The normalized spacial score (nSPS) is 11.6. The molecule has 0 saturated heterocycles. The van der Waals surface area contributed by atoms with E-state index in [1.807, 2.05) is 7.05 Å². The number of unbranched alkanes of at least 4 members (excludes halogenated alkanes) is 1. The average Bonchev–Trinajstić information content (AvgIpc) is 2.47. The fraction of sp³-hybridized carbons (Fsp3) is 0.500. The summed E-state index contributed by atoms with van der Waals surface area (Å²) in [6.07, 6.45) is 2.02. The number of likely N-dealkylation sites (N-methyl/N-ethyl adjacent to an activating group) is 1. The number of carbonyl (C=O) groups excluding carboxylic acids is 2. The van der Waals surface area contributed by atoms with Gasteiger partial charge in [-0.3, -0.25) is 9.59 Å². The van der Waals surface area contributed by atoms with E-state index in [1.54, 1.807) is 31.4 Å². The monoisotopic (exact) mass is 308 g/mol. The molecule has 0 aliphatic heterocycles. The maximum atomic E-state index is 11.9. The topological polar surface area (TPSA) is 71.9 Å². The second-order valence-corrected chi connectivity index (χ2v) is 5.29. The van der Waals surface area contributed by atoms with Crippen LogP contribution in [-0.2, 0) is 9.59 Å². The van der Waals surface area contributed by atoms with Gasteiger partial charge in [0, 0.05) is 12.2 Å². The Hall–Kier alpha value is -2.08. The molecule has 0 aromatic heterocycles. The smallest absolute Gasteiger partial charge is 0.279 e. The fourth-order valence-electron chi connectivity index (χ4n) is 1.96. The van der Waals surface area contributed by atoms with Crippen molar-refractivity contribution in [2.75, 3.05) is 39.1 Å². The molecule has 1 unspecified atom stereocenters. The van der Waals surface area contributed by atoms with Crippen LogP contribution in [0.3, 0.4) is 0 Å². The molecule has 122 valence electrons. The molecule has 0 aliphatic carbocycles. The van der Waals surface area contributed by atoms with Crippen molar-refractivity contribution in [3.63, 3.8) is 0 Å². The van der Waals surface area contributed by atoms with Crippen molar-refractivity contribution in [1.29, 1.82) is 0 Å². The number of amides is 2. The van der Waals surface area contributed by atoms with E-state index < -0.39 is 0 Å². The van der Waals surface area contributed by atoms with Gasteiger partial charge in [-0.05, 0) is 30.7 Å². The van der Waals surface area contributed by atoms with E-state index in [2.05, 4.69) is 17.6 Å². The maximum Gasteiger partial charge on any atom is 0.279 e. The van der Waals surface area contributed by atoms with Crippen LogP contribution in [0.1, 0.15) is 19.8 Å². The van der Waals surface area contributed by atoms with Gasteiger partial charge in [0.2, 0.25) is 0 Å². The zero-order valence-corrected chi connectivity index (χ0v) is 13.6. The van der Waals surface area contributed by atoms with Crippen LogP contribution >= 0.6 is 0 Å². The molecule has 0 heterocycles. The number of carbonyl (C=O) groups is 2. The molecule has 0 bridgehead atoms. The average molecular weight is 308 g/mol. The Bertz CT molecular complexity index is 474. The highest BCUT2D eigenvalue weighted by atomic mass is 16.5. The Morgan fingerprint density at radius 3 is 2.36 bits per heavy atom. The van der Waals surface area contributed by atoms with Gasteiger partial charge in [0.25, 0.3) is 11.8 Å². The van der Waals surface area contributed by atoms with Gasteiger partial charge in [-0.25, -0.2) is 0 Å². The number of anilines is 1. The molecule has 0 radical (unpaired) electrons. The quantitative estimate of drug-likeness (QED) is 0.565. The molecule has 0 spiro atoms. The number of ether oxygens (including phenoxy) is 1. The van der Waals surface area contributed by atoms with Crippen LogP contribution in [0.15, 0.2) is 24.3 Å². The third-order valence-electron chi connectivity index (χ3n) is 3.15. The van der Waals surface area contributed by atoms with Gasteiger partial charge >= 0.3 is 0 Å². The molecule has 1 atom stereocenters. The summed E-state index contributed by atoms with van der Waals surface area (Å²) >= 11 is 0. The summed E-state index contributed by atoms with van der Waals surface area (Å²) in [5.74, 6) is 0.594. The van der Waals surface area contributed by atoms with E-state index in [9.17, 15) is 9.59 Å². The first kappa shape index (κ1) is 18.0. The van der Waals surface area contributed by atoms with Crippen molar-refractivity contribution < 1.29 is 19.2 Å². The molecule has 22 heavy (non-hydrogen) atoms. The number of nitrogens with one attached hydrogen (secondary N) is 3. The first-order valence-corrected chi connectivity index (χ1v) is 7.57. The zero-order chi connectivity index (χ0) is 16.4. The number of hydrogen-bond donors (Lipinski definition) is 3. The van der Waals surface area contributed by atoms with Gasteiger partial charge in [0.05, 0.1) is 14.2 Å². The highest BCUT2D eigenvalue weighted by molar-refractivity contribution is 5.91. The molecule has 0 aliphatic rings. The van der Waals surface area contributed by atoms with E-state index in [1.165, 1.54) is 0 Å². The molecule has 3 N–H and O–H groups in total. The van der Waals surface area contributed by atoms with Crippen LogP contribution in [-0.4, -0.2) is 45.6 Å². The van der Waals surface area contributed by atoms with Gasteiger partial charge in [-0.2, -0.15) is 0 Å². The summed E-state index contributed by atoms with van der Waals surface area (Å²) in [6, 6.07) is 7.13. The molecule has 0 saturated carbocycles. The summed E-state index contributed by atoms with van der Waals surface area (Å²) in [5, 5.41) is 5.65. The molecule has 1 aromatic carbocycles. The summed E-state index contributed by atoms with van der Waals surface area (Å²) in [5.41, 5.74) is 0.714. The number of quaternary nitrogens is 1. The summed E-state index contributed by atoms with van der Waals surface area (Å²) in [6.45, 7) is 3.31. The van der Waals surface area contributed by atoms with E-state index in [-0.39, 0.29) is 18.4 Å². The number of methoxy groups -OCH3 is 1.